The van der Waals surface area contributed by atoms with Crippen LogP contribution in [0.4, 0.5) is 10.1 Å². The van der Waals surface area contributed by atoms with Gasteiger partial charge < -0.3 is 14.8 Å². The number of rotatable bonds is 6. The van der Waals surface area contributed by atoms with E-state index in [1.807, 2.05) is 6.92 Å². The molecular weight excluding hydrogens is 301 g/mol. The van der Waals surface area contributed by atoms with Crippen molar-refractivity contribution in [2.24, 2.45) is 0 Å². The van der Waals surface area contributed by atoms with Crippen molar-refractivity contribution in [3.05, 3.63) is 59.9 Å². The van der Waals surface area contributed by atoms with Gasteiger partial charge in [0.05, 0.1) is 12.2 Å². The highest BCUT2D eigenvalue weighted by Gasteiger charge is 2.10. The molecule has 0 bridgehead atoms. The van der Waals surface area contributed by atoms with Crippen molar-refractivity contribution in [2.75, 3.05) is 18.5 Å². The molecule has 0 heterocycles. The molecule has 0 spiro atoms. The molecule has 0 unspecified atom stereocenters. The van der Waals surface area contributed by atoms with Crippen LogP contribution in [0.25, 0.3) is 0 Å². The lowest BCUT2D eigenvalue weighted by Crippen LogP contribution is -2.20. The van der Waals surface area contributed by atoms with Crippen LogP contribution in [0.1, 0.15) is 17.3 Å². The SMILES string of the molecule is CCOc1ccc(C(=O)OCC(=O)Nc2cccc(F)c2)cc1. The molecule has 5 nitrogen and oxygen atoms in total. The standard InChI is InChI=1S/C17H16FNO4/c1-2-22-15-8-6-12(7-9-15)17(21)23-11-16(20)19-14-5-3-4-13(18)10-14/h3-10H,2,11H2,1H3,(H,19,20). The maximum absolute atomic E-state index is 13.0. The number of benzene rings is 2. The van der Waals surface area contributed by atoms with Crippen LogP contribution in [0.2, 0.25) is 0 Å². The Morgan fingerprint density at radius 2 is 1.87 bits per heavy atom. The van der Waals surface area contributed by atoms with E-state index in [0.717, 1.165) is 0 Å². The topological polar surface area (TPSA) is 64.6 Å². The zero-order valence-corrected chi connectivity index (χ0v) is 12.5. The molecule has 0 atom stereocenters. The summed E-state index contributed by atoms with van der Waals surface area (Å²) in [5.41, 5.74) is 0.610. The van der Waals surface area contributed by atoms with Gasteiger partial charge in [-0.15, -0.1) is 0 Å². The summed E-state index contributed by atoms with van der Waals surface area (Å²) >= 11 is 0. The number of amides is 1. The van der Waals surface area contributed by atoms with Gasteiger partial charge in [-0.05, 0) is 49.4 Å². The molecule has 2 rings (SSSR count). The van der Waals surface area contributed by atoms with Gasteiger partial charge in [0.2, 0.25) is 0 Å². The average Bonchev–Trinajstić information content (AvgIpc) is 2.54. The van der Waals surface area contributed by atoms with E-state index < -0.39 is 24.3 Å². The van der Waals surface area contributed by atoms with Crippen molar-refractivity contribution in [2.45, 2.75) is 6.92 Å². The zero-order chi connectivity index (χ0) is 16.7. The van der Waals surface area contributed by atoms with Crippen LogP contribution in [-0.4, -0.2) is 25.1 Å². The molecule has 0 saturated carbocycles. The molecule has 1 amide bonds. The molecule has 6 heteroatoms. The van der Waals surface area contributed by atoms with Crippen molar-refractivity contribution >= 4 is 17.6 Å². The Labute approximate surface area is 133 Å². The molecule has 0 aliphatic heterocycles. The third-order valence-electron chi connectivity index (χ3n) is 2.84. The third-order valence-corrected chi connectivity index (χ3v) is 2.84. The normalized spacial score (nSPS) is 10.0. The lowest BCUT2D eigenvalue weighted by Gasteiger charge is -2.07. The molecule has 1 N–H and O–H groups in total. The van der Waals surface area contributed by atoms with Gasteiger partial charge in [-0.25, -0.2) is 9.18 Å². The summed E-state index contributed by atoms with van der Waals surface area (Å²) < 4.78 is 23.2. The Morgan fingerprint density at radius 3 is 2.52 bits per heavy atom. The van der Waals surface area contributed by atoms with Crippen molar-refractivity contribution in [1.29, 1.82) is 0 Å². The largest absolute Gasteiger partial charge is 0.494 e. The maximum atomic E-state index is 13.0. The quantitative estimate of drug-likeness (QED) is 0.832. The summed E-state index contributed by atoms with van der Waals surface area (Å²) in [6.45, 7) is 1.94. The summed E-state index contributed by atoms with van der Waals surface area (Å²) in [4.78, 5) is 23.5. The van der Waals surface area contributed by atoms with Gasteiger partial charge in [0.25, 0.3) is 5.91 Å². The first-order valence-electron chi connectivity index (χ1n) is 7.04. The zero-order valence-electron chi connectivity index (χ0n) is 12.5. The smallest absolute Gasteiger partial charge is 0.338 e. The summed E-state index contributed by atoms with van der Waals surface area (Å²) in [6.07, 6.45) is 0. The molecular formula is C17H16FNO4. The summed E-state index contributed by atoms with van der Waals surface area (Å²) in [5, 5.41) is 2.44. The molecule has 2 aromatic rings. The van der Waals surface area contributed by atoms with Gasteiger partial charge in [-0.3, -0.25) is 4.79 Å². The van der Waals surface area contributed by atoms with Crippen LogP contribution in [0.15, 0.2) is 48.5 Å². The number of anilines is 1. The van der Waals surface area contributed by atoms with Crippen molar-refractivity contribution < 1.29 is 23.5 Å². The van der Waals surface area contributed by atoms with Gasteiger partial charge in [-0.2, -0.15) is 0 Å². The Balaban J connectivity index is 1.84. The molecule has 0 saturated heterocycles. The molecule has 23 heavy (non-hydrogen) atoms. The predicted octanol–water partition coefficient (Wildman–Crippen LogP) is 3.02. The minimum absolute atomic E-state index is 0.298. The highest BCUT2D eigenvalue weighted by molar-refractivity contribution is 5.95. The third kappa shape index (κ3) is 5.10. The fourth-order valence-electron chi connectivity index (χ4n) is 1.83. The highest BCUT2D eigenvalue weighted by atomic mass is 19.1. The fraction of sp³-hybridized carbons (Fsp3) is 0.176. The number of halogens is 1. The number of carbonyl (C=O) groups excluding carboxylic acids is 2. The molecule has 0 aromatic heterocycles. The van der Waals surface area contributed by atoms with Crippen molar-refractivity contribution in [3.8, 4) is 5.75 Å². The monoisotopic (exact) mass is 317 g/mol. The first-order chi connectivity index (χ1) is 11.1. The van der Waals surface area contributed by atoms with Gasteiger partial charge in [-0.1, -0.05) is 6.07 Å². The van der Waals surface area contributed by atoms with Crippen LogP contribution < -0.4 is 10.1 Å². The van der Waals surface area contributed by atoms with Crippen LogP contribution in [0, 0.1) is 5.82 Å². The molecule has 120 valence electrons. The molecule has 0 radical (unpaired) electrons. The van der Waals surface area contributed by atoms with Crippen LogP contribution in [-0.2, 0) is 9.53 Å². The van der Waals surface area contributed by atoms with Crippen LogP contribution in [0.3, 0.4) is 0 Å². The number of ether oxygens (including phenoxy) is 2. The van der Waals surface area contributed by atoms with Gasteiger partial charge in [0, 0.05) is 5.69 Å². The second-order valence-electron chi connectivity index (χ2n) is 4.59. The summed E-state index contributed by atoms with van der Waals surface area (Å²) in [7, 11) is 0. The maximum Gasteiger partial charge on any atom is 0.338 e. The molecule has 2 aromatic carbocycles. The highest BCUT2D eigenvalue weighted by Crippen LogP contribution is 2.13. The van der Waals surface area contributed by atoms with E-state index in [1.165, 1.54) is 24.3 Å². The first kappa shape index (κ1) is 16.5. The molecule has 0 aliphatic rings. The van der Waals surface area contributed by atoms with Crippen LogP contribution >= 0.6 is 0 Å². The lowest BCUT2D eigenvalue weighted by molar-refractivity contribution is -0.119. The van der Waals surface area contributed by atoms with Crippen molar-refractivity contribution in [1.82, 2.24) is 0 Å². The van der Waals surface area contributed by atoms with E-state index in [2.05, 4.69) is 5.32 Å². The van der Waals surface area contributed by atoms with E-state index in [4.69, 9.17) is 9.47 Å². The Bertz CT molecular complexity index is 685. The van der Waals surface area contributed by atoms with Gasteiger partial charge >= 0.3 is 5.97 Å². The van der Waals surface area contributed by atoms with E-state index in [1.54, 1.807) is 24.3 Å². The summed E-state index contributed by atoms with van der Waals surface area (Å²) in [6, 6.07) is 11.8. The lowest BCUT2D eigenvalue weighted by atomic mass is 10.2. The minimum Gasteiger partial charge on any atom is -0.494 e. The van der Waals surface area contributed by atoms with Gasteiger partial charge in [0.1, 0.15) is 11.6 Å². The van der Waals surface area contributed by atoms with Gasteiger partial charge in [0.15, 0.2) is 6.61 Å². The van der Waals surface area contributed by atoms with E-state index >= 15 is 0 Å². The minimum atomic E-state index is -0.623. The summed E-state index contributed by atoms with van der Waals surface area (Å²) in [5.74, 6) is -0.987. The van der Waals surface area contributed by atoms with E-state index in [9.17, 15) is 14.0 Å². The Hall–Kier alpha value is -2.89. The molecule has 0 aliphatic carbocycles. The second-order valence-corrected chi connectivity index (χ2v) is 4.59. The van der Waals surface area contributed by atoms with E-state index in [-0.39, 0.29) is 0 Å². The number of nitrogens with one attached hydrogen (secondary N) is 1. The number of carbonyl (C=O) groups is 2. The average molecular weight is 317 g/mol. The number of hydrogen-bond acceptors (Lipinski definition) is 4. The van der Waals surface area contributed by atoms with E-state index in [0.29, 0.717) is 23.6 Å². The fourth-order valence-corrected chi connectivity index (χ4v) is 1.83. The first-order valence-corrected chi connectivity index (χ1v) is 7.04. The van der Waals surface area contributed by atoms with Crippen molar-refractivity contribution in [3.63, 3.8) is 0 Å². The predicted molar refractivity (Wildman–Crippen MR) is 82.9 cm³/mol. The number of esters is 1. The Kier molecular flexibility index (Phi) is 5.68. The second kappa shape index (κ2) is 7.93. The number of hydrogen-bond donors (Lipinski definition) is 1. The molecule has 0 fully saturated rings. The Morgan fingerprint density at radius 1 is 1.13 bits per heavy atom. The van der Waals surface area contributed by atoms with Crippen LogP contribution in [0.5, 0.6) is 5.75 Å².